The zero-order valence-corrected chi connectivity index (χ0v) is 17.3. The van der Waals surface area contributed by atoms with Gasteiger partial charge >= 0.3 is 0 Å². The van der Waals surface area contributed by atoms with E-state index in [4.69, 9.17) is 4.74 Å². The van der Waals surface area contributed by atoms with Crippen LogP contribution < -0.4 is 4.74 Å². The first-order valence-corrected chi connectivity index (χ1v) is 10.4. The van der Waals surface area contributed by atoms with Gasteiger partial charge in [0.25, 0.3) is 5.91 Å². The molecule has 154 valence electrons. The minimum absolute atomic E-state index is 0.119. The van der Waals surface area contributed by atoms with Crippen molar-refractivity contribution in [3.05, 3.63) is 60.0 Å². The molecule has 1 aromatic carbocycles. The van der Waals surface area contributed by atoms with Crippen LogP contribution in [0, 0.1) is 12.8 Å². The van der Waals surface area contributed by atoms with Gasteiger partial charge in [-0.05, 0) is 37.8 Å². The molecule has 0 saturated carbocycles. The van der Waals surface area contributed by atoms with Crippen LogP contribution in [0.3, 0.4) is 0 Å². The Bertz CT molecular complexity index is 1220. The van der Waals surface area contributed by atoms with Crippen LogP contribution in [-0.4, -0.2) is 49.7 Å². The number of imidazole rings is 1. The van der Waals surface area contributed by atoms with E-state index in [1.807, 2.05) is 72.2 Å². The highest BCUT2D eigenvalue weighted by Crippen LogP contribution is 2.25. The van der Waals surface area contributed by atoms with E-state index < -0.39 is 0 Å². The minimum atomic E-state index is 0.119. The van der Waals surface area contributed by atoms with E-state index in [0.29, 0.717) is 18.4 Å². The monoisotopic (exact) mass is 403 g/mol. The zero-order valence-electron chi connectivity index (χ0n) is 17.3. The number of ether oxygens (including phenoxy) is 1. The summed E-state index contributed by atoms with van der Waals surface area (Å²) in [4.78, 5) is 19.5. The van der Waals surface area contributed by atoms with Crippen molar-refractivity contribution >= 4 is 22.5 Å². The lowest BCUT2D eigenvalue weighted by molar-refractivity contribution is 0.0660. The summed E-state index contributed by atoms with van der Waals surface area (Å²) >= 11 is 0. The molecule has 7 nitrogen and oxygen atoms in total. The summed E-state index contributed by atoms with van der Waals surface area (Å²) in [6.07, 6.45) is 5.70. The van der Waals surface area contributed by atoms with E-state index in [2.05, 4.69) is 10.1 Å². The third kappa shape index (κ3) is 3.40. The Morgan fingerprint density at radius 1 is 1.13 bits per heavy atom. The fourth-order valence-corrected chi connectivity index (χ4v) is 4.25. The van der Waals surface area contributed by atoms with Gasteiger partial charge in [0.15, 0.2) is 5.65 Å². The normalized spacial score (nSPS) is 15.2. The van der Waals surface area contributed by atoms with Crippen LogP contribution in [0.15, 0.2) is 48.8 Å². The molecule has 30 heavy (non-hydrogen) atoms. The molecular formula is C23H25N5O2. The van der Waals surface area contributed by atoms with Crippen LogP contribution in [0.5, 0.6) is 5.88 Å². The third-order valence-corrected chi connectivity index (χ3v) is 5.91. The predicted molar refractivity (Wildman–Crippen MR) is 115 cm³/mol. The first kappa shape index (κ1) is 18.7. The van der Waals surface area contributed by atoms with Crippen LogP contribution in [0.25, 0.3) is 16.6 Å². The lowest BCUT2D eigenvalue weighted by Crippen LogP contribution is -2.39. The molecule has 0 N–H and O–H groups in total. The molecule has 7 heteroatoms. The number of nitrogens with zero attached hydrogens (tertiary/aromatic N) is 5. The van der Waals surface area contributed by atoms with Gasteiger partial charge in [-0.2, -0.15) is 0 Å². The first-order chi connectivity index (χ1) is 14.6. The number of fused-ring (bicyclic) bond motifs is 2. The number of piperidine rings is 1. The molecule has 0 aliphatic carbocycles. The molecule has 1 fully saturated rings. The van der Waals surface area contributed by atoms with Gasteiger partial charge in [0.1, 0.15) is 0 Å². The number of hydrogen-bond acceptors (Lipinski definition) is 4. The first-order valence-electron chi connectivity index (χ1n) is 10.4. The van der Waals surface area contributed by atoms with E-state index in [9.17, 15) is 4.79 Å². The number of carbonyl (C=O) groups is 1. The average molecular weight is 403 g/mol. The van der Waals surface area contributed by atoms with Crippen molar-refractivity contribution < 1.29 is 9.53 Å². The number of aryl methyl sites for hydroxylation is 2. The molecule has 0 atom stereocenters. The molecule has 1 aliphatic rings. The van der Waals surface area contributed by atoms with E-state index >= 15 is 0 Å². The maximum atomic E-state index is 13.1. The maximum absolute atomic E-state index is 13.1. The van der Waals surface area contributed by atoms with Crippen LogP contribution in [0.2, 0.25) is 0 Å². The van der Waals surface area contributed by atoms with Crippen molar-refractivity contribution in [3.8, 4) is 5.88 Å². The molecule has 0 unspecified atom stereocenters. The number of carbonyl (C=O) groups excluding carboxylic acids is 1. The Balaban J connectivity index is 1.20. The summed E-state index contributed by atoms with van der Waals surface area (Å²) in [5.74, 6) is 1.14. The highest BCUT2D eigenvalue weighted by molar-refractivity contribution is 6.07. The van der Waals surface area contributed by atoms with Crippen LogP contribution in [-0.2, 0) is 7.05 Å². The average Bonchev–Trinajstić information content (AvgIpc) is 3.31. The van der Waals surface area contributed by atoms with Crippen LogP contribution in [0.1, 0.15) is 28.9 Å². The quantitative estimate of drug-likeness (QED) is 0.523. The highest BCUT2D eigenvalue weighted by atomic mass is 16.5. The molecule has 5 rings (SSSR count). The van der Waals surface area contributed by atoms with Crippen LogP contribution >= 0.6 is 0 Å². The highest BCUT2D eigenvalue weighted by Gasteiger charge is 2.26. The number of para-hydroxylation sites is 1. The molecule has 1 saturated heterocycles. The van der Waals surface area contributed by atoms with E-state index in [1.165, 1.54) is 0 Å². The second-order valence-electron chi connectivity index (χ2n) is 8.07. The maximum Gasteiger partial charge on any atom is 0.256 e. The molecule has 0 bridgehead atoms. The van der Waals surface area contributed by atoms with Gasteiger partial charge in [-0.1, -0.05) is 18.2 Å². The lowest BCUT2D eigenvalue weighted by Gasteiger charge is -2.31. The van der Waals surface area contributed by atoms with Gasteiger partial charge in [0.05, 0.1) is 24.1 Å². The van der Waals surface area contributed by atoms with E-state index in [-0.39, 0.29) is 5.91 Å². The summed E-state index contributed by atoms with van der Waals surface area (Å²) < 4.78 is 9.71. The molecule has 1 amide bonds. The van der Waals surface area contributed by atoms with Gasteiger partial charge in [-0.25, -0.2) is 9.50 Å². The third-order valence-electron chi connectivity index (χ3n) is 5.91. The Hall–Kier alpha value is -3.35. The van der Waals surface area contributed by atoms with E-state index in [1.54, 1.807) is 4.52 Å². The van der Waals surface area contributed by atoms with Crippen molar-refractivity contribution in [2.75, 3.05) is 19.7 Å². The SMILES string of the molecule is Cc1cn2nc(OCC3CCN(C(=O)c4cn(C)c5ccccc45)CC3)ccc2n1. The molecular weight excluding hydrogens is 378 g/mol. The van der Waals surface area contributed by atoms with Gasteiger partial charge < -0.3 is 14.2 Å². The molecule has 3 aromatic heterocycles. The lowest BCUT2D eigenvalue weighted by atomic mass is 9.97. The molecule has 0 spiro atoms. The largest absolute Gasteiger partial charge is 0.476 e. The Kier molecular flexibility index (Phi) is 4.65. The van der Waals surface area contributed by atoms with Gasteiger partial charge in [-0.3, -0.25) is 4.79 Å². The smallest absolute Gasteiger partial charge is 0.256 e. The number of aromatic nitrogens is 4. The molecule has 0 radical (unpaired) electrons. The van der Waals surface area contributed by atoms with Crippen molar-refractivity contribution in [2.24, 2.45) is 13.0 Å². The summed E-state index contributed by atoms with van der Waals surface area (Å²) in [7, 11) is 1.99. The van der Waals surface area contributed by atoms with Gasteiger partial charge in [-0.15, -0.1) is 5.10 Å². The number of rotatable bonds is 4. The molecule has 1 aliphatic heterocycles. The van der Waals surface area contributed by atoms with E-state index in [0.717, 1.165) is 53.7 Å². The van der Waals surface area contributed by atoms with Crippen molar-refractivity contribution in [3.63, 3.8) is 0 Å². The topological polar surface area (TPSA) is 64.7 Å². The van der Waals surface area contributed by atoms with Gasteiger partial charge in [0, 0.05) is 43.3 Å². The van der Waals surface area contributed by atoms with Crippen molar-refractivity contribution in [1.82, 2.24) is 24.1 Å². The zero-order chi connectivity index (χ0) is 20.7. The fourth-order valence-electron chi connectivity index (χ4n) is 4.25. The second kappa shape index (κ2) is 7.48. The fraction of sp³-hybridized carbons (Fsp3) is 0.348. The molecule has 4 aromatic rings. The van der Waals surface area contributed by atoms with Gasteiger partial charge in [0.2, 0.25) is 5.88 Å². The summed E-state index contributed by atoms with van der Waals surface area (Å²) in [5.41, 5.74) is 3.63. The van der Waals surface area contributed by atoms with Crippen LogP contribution in [0.4, 0.5) is 0 Å². The standard InChI is InChI=1S/C23H25N5O2/c1-16-13-28-21(24-16)7-8-22(25-28)30-15-17-9-11-27(12-10-17)23(29)19-14-26(2)20-6-4-3-5-18(19)20/h3-8,13-14,17H,9-12,15H2,1-2H3. The number of likely N-dealkylation sites (tertiary alicyclic amines) is 1. The second-order valence-corrected chi connectivity index (χ2v) is 8.07. The van der Waals surface area contributed by atoms with Crippen molar-refractivity contribution in [2.45, 2.75) is 19.8 Å². The summed E-state index contributed by atoms with van der Waals surface area (Å²) in [5, 5.41) is 5.48. The number of amides is 1. The minimum Gasteiger partial charge on any atom is -0.476 e. The predicted octanol–water partition coefficient (Wildman–Crippen LogP) is 3.46. The number of benzene rings is 1. The summed E-state index contributed by atoms with van der Waals surface area (Å²) in [6.45, 7) is 4.07. The summed E-state index contributed by atoms with van der Waals surface area (Å²) in [6, 6.07) is 11.8. The molecule has 4 heterocycles. The van der Waals surface area contributed by atoms with Crippen molar-refractivity contribution in [1.29, 1.82) is 0 Å². The Morgan fingerprint density at radius 3 is 2.77 bits per heavy atom. The number of hydrogen-bond donors (Lipinski definition) is 0. The Labute approximate surface area is 174 Å². The Morgan fingerprint density at radius 2 is 1.93 bits per heavy atom.